The largest absolute Gasteiger partial charge is 3.00 e. The summed E-state index contributed by atoms with van der Waals surface area (Å²) in [6, 6.07) is 95.3. The molecule has 440 valence electrons. The molecule has 0 radical (unpaired) electrons. The first-order chi connectivity index (χ1) is 42.5. The first-order valence-electron chi connectivity index (χ1n) is 31.0. The fraction of sp³-hybridized carbons (Fsp3) is 0.188. The standard InChI is InChI=1S/C85H76N3.Ir/c1-83(2,3)71-43-46-86-80(55-71)67-39-37-64(77(52-67)62-23-15-11-16-24-62)31-29-58-49-59(30-32-65-38-40-68(53-78(65)63-25-17-12-18-26-63)81-56-72(44-47-87-81)84(4,5)6)51-70(50-58)74-27-19-20-28-75(74)76-42-41-69(82-57-73(45-48-88-82)85(7,8)9)54-79(76)66-35-33-61(34-36-66)60-21-13-10-14-22-60;/h10-28,33-38,42-57H,29-32H2,1-9H3;/q-3;+3. The Bertz CT molecular complexity index is 4240. The van der Waals surface area contributed by atoms with E-state index in [4.69, 9.17) is 15.0 Å². The van der Waals surface area contributed by atoms with E-state index in [2.05, 4.69) is 311 Å². The zero-order valence-electron chi connectivity index (χ0n) is 52.7. The number of aromatic nitrogens is 3. The van der Waals surface area contributed by atoms with Gasteiger partial charge in [0.1, 0.15) is 0 Å². The molecule has 12 aromatic rings. The Morgan fingerprint density at radius 1 is 0.281 bits per heavy atom. The van der Waals surface area contributed by atoms with Gasteiger partial charge in [-0.25, -0.2) is 0 Å². The Labute approximate surface area is 542 Å². The summed E-state index contributed by atoms with van der Waals surface area (Å²) in [5.41, 5.74) is 28.5. The molecule has 0 N–H and O–H groups in total. The van der Waals surface area contributed by atoms with Crippen molar-refractivity contribution in [3.05, 3.63) is 306 Å². The number of hydrogen-bond donors (Lipinski definition) is 0. The van der Waals surface area contributed by atoms with Gasteiger partial charge in [-0.15, -0.1) is 82.4 Å². The van der Waals surface area contributed by atoms with Gasteiger partial charge in [-0.1, -0.05) is 279 Å². The van der Waals surface area contributed by atoms with Crippen molar-refractivity contribution in [2.75, 3.05) is 0 Å². The van der Waals surface area contributed by atoms with Gasteiger partial charge in [0, 0.05) is 18.6 Å². The zero-order chi connectivity index (χ0) is 61.0. The van der Waals surface area contributed by atoms with Crippen LogP contribution < -0.4 is 0 Å². The topological polar surface area (TPSA) is 38.7 Å². The van der Waals surface area contributed by atoms with Crippen molar-refractivity contribution in [1.29, 1.82) is 0 Å². The van der Waals surface area contributed by atoms with E-state index in [9.17, 15) is 0 Å². The van der Waals surface area contributed by atoms with Crippen molar-refractivity contribution in [3.63, 3.8) is 0 Å². The molecular weight excluding hydrogens is 1260 g/mol. The Hall–Kier alpha value is -8.92. The van der Waals surface area contributed by atoms with Gasteiger partial charge < -0.3 is 15.0 Å². The third-order valence-electron chi connectivity index (χ3n) is 17.1. The van der Waals surface area contributed by atoms with Crippen LogP contribution in [0.5, 0.6) is 0 Å². The van der Waals surface area contributed by atoms with E-state index in [0.29, 0.717) is 0 Å². The third-order valence-corrected chi connectivity index (χ3v) is 17.1. The van der Waals surface area contributed by atoms with Gasteiger partial charge >= 0.3 is 20.1 Å². The van der Waals surface area contributed by atoms with E-state index in [1.165, 1.54) is 83.5 Å². The van der Waals surface area contributed by atoms with Crippen molar-refractivity contribution in [1.82, 2.24) is 15.0 Å². The molecule has 3 heterocycles. The molecule has 0 unspecified atom stereocenters. The summed E-state index contributed by atoms with van der Waals surface area (Å²) in [4.78, 5) is 14.7. The Kier molecular flexibility index (Phi) is 18.3. The number of nitrogens with zero attached hydrogens (tertiary/aromatic N) is 3. The molecule has 0 spiro atoms. The quantitative estimate of drug-likeness (QED) is 0.0960. The van der Waals surface area contributed by atoms with Crippen LogP contribution in [-0.2, 0) is 62.0 Å². The van der Waals surface area contributed by atoms with Crippen molar-refractivity contribution < 1.29 is 20.1 Å². The summed E-state index contributed by atoms with van der Waals surface area (Å²) < 4.78 is 0. The first kappa shape index (κ1) is 61.7. The number of aryl methyl sites for hydroxylation is 4. The minimum Gasteiger partial charge on any atom is -0.305 e. The van der Waals surface area contributed by atoms with Crippen molar-refractivity contribution in [3.8, 4) is 101 Å². The summed E-state index contributed by atoms with van der Waals surface area (Å²) in [7, 11) is 0. The van der Waals surface area contributed by atoms with Gasteiger partial charge in [-0.05, 0) is 131 Å². The smallest absolute Gasteiger partial charge is 0.305 e. The first-order valence-corrected chi connectivity index (χ1v) is 31.0. The molecule has 3 nitrogen and oxygen atoms in total. The van der Waals surface area contributed by atoms with E-state index in [1.807, 2.05) is 18.6 Å². The average Bonchev–Trinajstić information content (AvgIpc) is 2.60. The van der Waals surface area contributed by atoms with Crippen LogP contribution in [0.4, 0.5) is 0 Å². The van der Waals surface area contributed by atoms with Crippen LogP contribution in [0.1, 0.15) is 101 Å². The summed E-state index contributed by atoms with van der Waals surface area (Å²) in [6.45, 7) is 20.3. The molecule has 0 bridgehead atoms. The average molecular weight is 1330 g/mol. The van der Waals surface area contributed by atoms with Crippen molar-refractivity contribution in [2.45, 2.75) is 104 Å². The van der Waals surface area contributed by atoms with Crippen molar-refractivity contribution >= 4 is 0 Å². The van der Waals surface area contributed by atoms with Gasteiger partial charge in [-0.3, -0.25) is 0 Å². The number of hydrogen-bond acceptors (Lipinski definition) is 3. The molecule has 0 fully saturated rings. The number of rotatable bonds is 15. The minimum atomic E-state index is -0.0335. The predicted octanol–water partition coefficient (Wildman–Crippen LogP) is 21.7. The summed E-state index contributed by atoms with van der Waals surface area (Å²) in [6.07, 6.45) is 9.11. The van der Waals surface area contributed by atoms with E-state index in [1.54, 1.807) is 0 Å². The van der Waals surface area contributed by atoms with Crippen LogP contribution >= 0.6 is 0 Å². The molecule has 4 heteroatoms. The molecule has 9 aromatic carbocycles. The third kappa shape index (κ3) is 14.3. The van der Waals surface area contributed by atoms with E-state index in [0.717, 1.165) is 81.7 Å². The molecule has 0 atom stereocenters. The summed E-state index contributed by atoms with van der Waals surface area (Å²) in [5.74, 6) is 0. The number of pyridine rings is 3. The van der Waals surface area contributed by atoms with Crippen LogP contribution in [0.3, 0.4) is 0 Å². The molecule has 0 aliphatic heterocycles. The fourth-order valence-electron chi connectivity index (χ4n) is 12.0. The molecule has 0 amide bonds. The molecule has 89 heavy (non-hydrogen) atoms. The Morgan fingerprint density at radius 2 is 0.629 bits per heavy atom. The molecule has 0 saturated heterocycles. The maximum Gasteiger partial charge on any atom is 3.00 e. The predicted molar refractivity (Wildman–Crippen MR) is 369 cm³/mol. The van der Waals surface area contributed by atoms with Gasteiger partial charge in [0.25, 0.3) is 0 Å². The molecular formula is C85H76IrN3. The van der Waals surface area contributed by atoms with Crippen LogP contribution in [-0.4, -0.2) is 15.0 Å². The number of benzene rings is 9. The summed E-state index contributed by atoms with van der Waals surface area (Å²) in [5, 5.41) is 0. The molecule has 0 aliphatic rings. The van der Waals surface area contributed by atoms with E-state index < -0.39 is 0 Å². The second-order valence-electron chi connectivity index (χ2n) is 26.5. The summed E-state index contributed by atoms with van der Waals surface area (Å²) >= 11 is 0. The Morgan fingerprint density at radius 3 is 1.06 bits per heavy atom. The van der Waals surface area contributed by atoms with Crippen LogP contribution in [0.25, 0.3) is 101 Å². The minimum absolute atomic E-state index is 0. The van der Waals surface area contributed by atoms with Crippen LogP contribution in [0, 0.1) is 18.2 Å². The molecule has 3 aromatic heterocycles. The van der Waals surface area contributed by atoms with Gasteiger partial charge in [0.15, 0.2) is 0 Å². The molecule has 0 saturated carbocycles. The maximum atomic E-state index is 4.94. The van der Waals surface area contributed by atoms with Crippen molar-refractivity contribution in [2.24, 2.45) is 0 Å². The maximum absolute atomic E-state index is 4.94. The van der Waals surface area contributed by atoms with Crippen LogP contribution in [0.2, 0.25) is 0 Å². The molecule has 12 rings (SSSR count). The molecule has 0 aliphatic carbocycles. The van der Waals surface area contributed by atoms with E-state index in [-0.39, 0.29) is 36.4 Å². The monoisotopic (exact) mass is 1330 g/mol. The second kappa shape index (κ2) is 26.4. The normalized spacial score (nSPS) is 11.7. The van der Waals surface area contributed by atoms with E-state index >= 15 is 0 Å². The second-order valence-corrected chi connectivity index (χ2v) is 26.5. The fourth-order valence-corrected chi connectivity index (χ4v) is 12.0. The van der Waals surface area contributed by atoms with Gasteiger partial charge in [0.05, 0.1) is 0 Å². The SMILES string of the molecule is CC(C)(C)c1ccnc(-c2[c-]cc(CCc3cc(CCc4c[c-]c(-c5cc(C(C)(C)C)ccn5)cc4-c4ccccc4)cc(-c4ccccc4-c4c[c-]c(-c5cc(C(C)(C)C)ccn5)cc4-c4ccc(-c5ccccc5)cc4)c3)c(-c3ccccc3)c2)c1.[Ir+3]. The van der Waals surface area contributed by atoms with Gasteiger partial charge in [-0.2, -0.15) is 0 Å². The zero-order valence-corrected chi connectivity index (χ0v) is 55.1. The van der Waals surface area contributed by atoms with Crippen LogP contribution in [0.15, 0.2) is 249 Å². The van der Waals surface area contributed by atoms with Gasteiger partial charge in [0.2, 0.25) is 0 Å². The Balaban J connectivity index is 0.00000817.